The number of halogens is 1. The summed E-state index contributed by atoms with van der Waals surface area (Å²) < 4.78 is 14.0. The fourth-order valence-electron chi connectivity index (χ4n) is 2.99. The molecule has 0 saturated carbocycles. The lowest BCUT2D eigenvalue weighted by Gasteiger charge is -2.34. The van der Waals surface area contributed by atoms with Gasteiger partial charge in [-0.2, -0.15) is 4.39 Å². The van der Waals surface area contributed by atoms with Crippen LogP contribution in [0.15, 0.2) is 18.2 Å². The van der Waals surface area contributed by atoms with E-state index >= 15 is 0 Å². The maximum atomic E-state index is 14.0. The van der Waals surface area contributed by atoms with Crippen LogP contribution in [0.25, 0.3) is 0 Å². The summed E-state index contributed by atoms with van der Waals surface area (Å²) in [5, 5.41) is 10.7. The van der Waals surface area contributed by atoms with Gasteiger partial charge in [-0.25, -0.2) is 0 Å². The Bertz CT molecular complexity index is 469. The monoisotopic (exact) mass is 266 g/mol. The topological polar surface area (TPSA) is 46.4 Å². The maximum Gasteiger partial charge on any atom is 0.305 e. The lowest BCUT2D eigenvalue weighted by atomic mass is 9.91. The highest BCUT2D eigenvalue weighted by Crippen LogP contribution is 2.25. The van der Waals surface area contributed by atoms with Crippen LogP contribution in [0.5, 0.6) is 0 Å². The van der Waals surface area contributed by atoms with Crippen LogP contribution in [0.2, 0.25) is 0 Å². The van der Waals surface area contributed by atoms with Gasteiger partial charge in [0.15, 0.2) is 0 Å². The zero-order valence-electron chi connectivity index (χ0n) is 11.3. The number of hydrogen-bond acceptors (Lipinski definition) is 3. The molecule has 1 fully saturated rings. The Morgan fingerprint density at radius 2 is 2.00 bits per heavy atom. The molecule has 4 nitrogen and oxygen atoms in total. The Balaban J connectivity index is 2.15. The van der Waals surface area contributed by atoms with Crippen molar-refractivity contribution in [2.75, 3.05) is 13.1 Å². The number of benzene rings is 1. The lowest BCUT2D eigenvalue weighted by Crippen LogP contribution is -2.38. The quantitative estimate of drug-likeness (QED) is 0.623. The number of likely N-dealkylation sites (tertiary alicyclic amines) is 1. The molecule has 2 rings (SSSR count). The SMILES string of the molecule is CC1CC(C)CN(Cc2cccc([N+](=O)[O-])c2F)C1. The Labute approximate surface area is 112 Å². The minimum absolute atomic E-state index is 0.413. The van der Waals surface area contributed by atoms with Gasteiger partial charge >= 0.3 is 5.69 Å². The molecular weight excluding hydrogens is 247 g/mol. The maximum absolute atomic E-state index is 14.0. The van der Waals surface area contributed by atoms with Gasteiger partial charge in [-0.15, -0.1) is 0 Å². The molecule has 5 heteroatoms. The van der Waals surface area contributed by atoms with Gasteiger partial charge in [0.25, 0.3) is 0 Å². The highest BCUT2D eigenvalue weighted by Gasteiger charge is 2.24. The van der Waals surface area contributed by atoms with E-state index in [1.165, 1.54) is 12.5 Å². The van der Waals surface area contributed by atoms with E-state index in [4.69, 9.17) is 0 Å². The van der Waals surface area contributed by atoms with Crippen molar-refractivity contribution in [3.63, 3.8) is 0 Å². The summed E-state index contributed by atoms with van der Waals surface area (Å²) in [5.41, 5.74) is -0.0221. The number of nitrogens with zero attached hydrogens (tertiary/aromatic N) is 2. The van der Waals surface area contributed by atoms with Gasteiger partial charge in [0, 0.05) is 31.3 Å². The van der Waals surface area contributed by atoms with Crippen LogP contribution < -0.4 is 0 Å². The first-order valence-electron chi connectivity index (χ1n) is 6.61. The fourth-order valence-corrected chi connectivity index (χ4v) is 2.99. The third-order valence-corrected chi connectivity index (χ3v) is 3.59. The van der Waals surface area contributed by atoms with E-state index in [2.05, 4.69) is 18.7 Å². The molecule has 0 amide bonds. The van der Waals surface area contributed by atoms with Crippen molar-refractivity contribution >= 4 is 5.69 Å². The zero-order chi connectivity index (χ0) is 14.0. The van der Waals surface area contributed by atoms with Crippen LogP contribution in [0.3, 0.4) is 0 Å². The van der Waals surface area contributed by atoms with Crippen LogP contribution in [0.4, 0.5) is 10.1 Å². The summed E-state index contributed by atoms with van der Waals surface area (Å²) in [6, 6.07) is 4.39. The van der Waals surface area contributed by atoms with Crippen molar-refractivity contribution in [3.8, 4) is 0 Å². The van der Waals surface area contributed by atoms with Crippen molar-refractivity contribution in [2.24, 2.45) is 11.8 Å². The molecular formula is C14H19FN2O2. The van der Waals surface area contributed by atoms with Gasteiger partial charge < -0.3 is 0 Å². The first kappa shape index (κ1) is 13.9. The van der Waals surface area contributed by atoms with Crippen LogP contribution in [0, 0.1) is 27.8 Å². The summed E-state index contributed by atoms with van der Waals surface area (Å²) >= 11 is 0. The predicted molar refractivity (Wildman–Crippen MR) is 71.3 cm³/mol. The minimum Gasteiger partial charge on any atom is -0.298 e. The van der Waals surface area contributed by atoms with Gasteiger partial charge in [0.1, 0.15) is 0 Å². The van der Waals surface area contributed by atoms with Gasteiger partial charge in [0.05, 0.1) is 4.92 Å². The number of nitro benzene ring substituents is 1. The van der Waals surface area contributed by atoms with Crippen molar-refractivity contribution in [2.45, 2.75) is 26.8 Å². The second-order valence-electron chi connectivity index (χ2n) is 5.65. The van der Waals surface area contributed by atoms with Crippen LogP contribution in [0.1, 0.15) is 25.8 Å². The normalized spacial score (nSPS) is 24.4. The van der Waals surface area contributed by atoms with E-state index in [-0.39, 0.29) is 0 Å². The number of rotatable bonds is 3. The number of nitro groups is 1. The second kappa shape index (κ2) is 5.65. The highest BCUT2D eigenvalue weighted by atomic mass is 19.1. The molecule has 0 N–H and O–H groups in total. The van der Waals surface area contributed by atoms with Gasteiger partial charge in [-0.3, -0.25) is 15.0 Å². The van der Waals surface area contributed by atoms with E-state index in [0.717, 1.165) is 13.1 Å². The molecule has 1 aliphatic rings. The zero-order valence-corrected chi connectivity index (χ0v) is 11.3. The summed E-state index contributed by atoms with van der Waals surface area (Å²) in [7, 11) is 0. The number of hydrogen-bond donors (Lipinski definition) is 0. The Morgan fingerprint density at radius 3 is 2.58 bits per heavy atom. The summed E-state index contributed by atoms with van der Waals surface area (Å²) in [6.07, 6.45) is 1.19. The molecule has 104 valence electrons. The second-order valence-corrected chi connectivity index (χ2v) is 5.65. The molecule has 0 aromatic heterocycles. The Morgan fingerprint density at radius 1 is 1.37 bits per heavy atom. The molecule has 1 aromatic rings. The van der Waals surface area contributed by atoms with E-state index in [0.29, 0.717) is 23.9 Å². The van der Waals surface area contributed by atoms with Crippen LogP contribution in [-0.4, -0.2) is 22.9 Å². The van der Waals surface area contributed by atoms with Crippen molar-refractivity contribution in [1.82, 2.24) is 4.90 Å². The number of piperidine rings is 1. The van der Waals surface area contributed by atoms with Crippen molar-refractivity contribution in [3.05, 3.63) is 39.7 Å². The van der Waals surface area contributed by atoms with E-state index < -0.39 is 16.4 Å². The molecule has 0 bridgehead atoms. The van der Waals surface area contributed by atoms with Gasteiger partial charge in [-0.05, 0) is 18.3 Å². The largest absolute Gasteiger partial charge is 0.305 e. The summed E-state index contributed by atoms with van der Waals surface area (Å²) in [5.74, 6) is 0.481. The Hall–Kier alpha value is -1.49. The minimum atomic E-state index is -0.696. The average Bonchev–Trinajstić information content (AvgIpc) is 2.30. The van der Waals surface area contributed by atoms with E-state index in [9.17, 15) is 14.5 Å². The molecule has 0 aliphatic carbocycles. The third-order valence-electron chi connectivity index (χ3n) is 3.59. The van der Waals surface area contributed by atoms with Crippen LogP contribution in [-0.2, 0) is 6.54 Å². The molecule has 1 saturated heterocycles. The van der Waals surface area contributed by atoms with Crippen molar-refractivity contribution < 1.29 is 9.31 Å². The average molecular weight is 266 g/mol. The van der Waals surface area contributed by atoms with Gasteiger partial charge in [0.2, 0.25) is 5.82 Å². The molecule has 0 radical (unpaired) electrons. The molecule has 0 spiro atoms. The lowest BCUT2D eigenvalue weighted by molar-refractivity contribution is -0.387. The fraction of sp³-hybridized carbons (Fsp3) is 0.571. The van der Waals surface area contributed by atoms with Crippen molar-refractivity contribution in [1.29, 1.82) is 0 Å². The molecule has 2 atom stereocenters. The smallest absolute Gasteiger partial charge is 0.298 e. The first-order chi connectivity index (χ1) is 8.97. The van der Waals surface area contributed by atoms with E-state index in [1.807, 2.05) is 0 Å². The molecule has 19 heavy (non-hydrogen) atoms. The summed E-state index contributed by atoms with van der Waals surface area (Å²) in [4.78, 5) is 12.2. The third kappa shape index (κ3) is 3.29. The highest BCUT2D eigenvalue weighted by molar-refractivity contribution is 5.36. The molecule has 2 unspecified atom stereocenters. The first-order valence-corrected chi connectivity index (χ1v) is 6.61. The molecule has 1 aliphatic heterocycles. The molecule has 1 aromatic carbocycles. The predicted octanol–water partition coefficient (Wildman–Crippen LogP) is 3.21. The summed E-state index contributed by atoms with van der Waals surface area (Å²) in [6.45, 7) is 6.67. The van der Waals surface area contributed by atoms with Gasteiger partial charge in [-0.1, -0.05) is 26.0 Å². The molecule has 1 heterocycles. The van der Waals surface area contributed by atoms with E-state index in [1.54, 1.807) is 12.1 Å². The Kier molecular flexibility index (Phi) is 4.14. The van der Waals surface area contributed by atoms with Crippen LogP contribution >= 0.6 is 0 Å². The standard InChI is InChI=1S/C14H19FN2O2/c1-10-6-11(2)8-16(7-10)9-12-4-3-5-13(14(12)15)17(18)19/h3-5,10-11H,6-9H2,1-2H3.